The van der Waals surface area contributed by atoms with Gasteiger partial charge in [0.15, 0.2) is 19.3 Å². The molecule has 0 N–H and O–H groups in total. The number of hydrogen-bond donors (Lipinski definition) is 0. The molecular formula is C7H14ClNO2. The first-order valence-electron chi connectivity index (χ1n) is 3.57. The van der Waals surface area contributed by atoms with Crippen molar-refractivity contribution in [2.24, 2.45) is 0 Å². The molecule has 0 spiro atoms. The van der Waals surface area contributed by atoms with Crippen molar-refractivity contribution in [1.82, 2.24) is 0 Å². The van der Waals surface area contributed by atoms with Gasteiger partial charge in [-0.1, -0.05) is 0 Å². The minimum atomic E-state index is 0. The number of morpholine rings is 1. The van der Waals surface area contributed by atoms with E-state index < -0.39 is 0 Å². The summed E-state index contributed by atoms with van der Waals surface area (Å²) in [7, 11) is 1.71. The number of methoxy groups -OCH3 is 1. The van der Waals surface area contributed by atoms with Gasteiger partial charge in [0.25, 0.3) is 0 Å². The van der Waals surface area contributed by atoms with Gasteiger partial charge in [-0.05, 0) is 0 Å². The second-order valence-electron chi connectivity index (χ2n) is 2.29. The van der Waals surface area contributed by atoms with Gasteiger partial charge in [-0.3, -0.25) is 0 Å². The van der Waals surface area contributed by atoms with Crippen molar-refractivity contribution >= 4 is 6.21 Å². The molecule has 0 aromatic heterocycles. The molecule has 0 amide bonds. The predicted molar refractivity (Wildman–Crippen MR) is 38.8 cm³/mol. The Labute approximate surface area is 73.4 Å². The predicted octanol–water partition coefficient (Wildman–Crippen LogP) is -3.25. The van der Waals surface area contributed by atoms with Gasteiger partial charge in [0, 0.05) is 7.11 Å². The van der Waals surface area contributed by atoms with Gasteiger partial charge in [0.1, 0.15) is 19.8 Å². The highest BCUT2D eigenvalue weighted by Crippen LogP contribution is 1.86. The molecule has 0 saturated carbocycles. The molecule has 66 valence electrons. The molecule has 1 aliphatic rings. The average molecular weight is 180 g/mol. The minimum absolute atomic E-state index is 0. The Morgan fingerprint density at radius 1 is 1.45 bits per heavy atom. The van der Waals surface area contributed by atoms with Crippen molar-refractivity contribution in [3.63, 3.8) is 0 Å². The molecule has 1 saturated heterocycles. The molecule has 1 aliphatic heterocycles. The van der Waals surface area contributed by atoms with E-state index in [1.54, 1.807) is 7.11 Å². The van der Waals surface area contributed by atoms with Gasteiger partial charge in [-0.15, -0.1) is 0 Å². The molecule has 0 aliphatic carbocycles. The summed E-state index contributed by atoms with van der Waals surface area (Å²) >= 11 is 0. The van der Waals surface area contributed by atoms with E-state index in [1.165, 1.54) is 0 Å². The van der Waals surface area contributed by atoms with Gasteiger partial charge in [0.05, 0.1) is 0 Å². The summed E-state index contributed by atoms with van der Waals surface area (Å²) < 4.78 is 12.3. The first kappa shape index (κ1) is 10.9. The van der Waals surface area contributed by atoms with E-state index in [0.717, 1.165) is 26.3 Å². The summed E-state index contributed by atoms with van der Waals surface area (Å²) in [6.07, 6.45) is 2.07. The van der Waals surface area contributed by atoms with Crippen molar-refractivity contribution in [2.45, 2.75) is 0 Å². The average Bonchev–Trinajstić information content (AvgIpc) is 2.03. The summed E-state index contributed by atoms with van der Waals surface area (Å²) in [6, 6.07) is 0. The number of nitrogens with zero attached hydrogens (tertiary/aromatic N) is 1. The minimum Gasteiger partial charge on any atom is -1.00 e. The molecule has 0 bridgehead atoms. The van der Waals surface area contributed by atoms with E-state index in [0.29, 0.717) is 6.61 Å². The highest BCUT2D eigenvalue weighted by molar-refractivity contribution is 5.52. The van der Waals surface area contributed by atoms with Crippen molar-refractivity contribution in [3.8, 4) is 0 Å². The van der Waals surface area contributed by atoms with Gasteiger partial charge in [0.2, 0.25) is 0 Å². The lowest BCUT2D eigenvalue weighted by Crippen LogP contribution is -3.00. The highest BCUT2D eigenvalue weighted by Gasteiger charge is 2.08. The van der Waals surface area contributed by atoms with Crippen LogP contribution in [0, 0.1) is 0 Å². The molecule has 1 fully saturated rings. The molecule has 1 heterocycles. The van der Waals surface area contributed by atoms with Gasteiger partial charge >= 0.3 is 0 Å². The van der Waals surface area contributed by atoms with Gasteiger partial charge < -0.3 is 21.9 Å². The Kier molecular flexibility index (Phi) is 6.51. The van der Waals surface area contributed by atoms with E-state index >= 15 is 0 Å². The van der Waals surface area contributed by atoms with Crippen LogP contribution in [-0.2, 0) is 9.47 Å². The molecular weight excluding hydrogens is 166 g/mol. The molecule has 0 unspecified atom stereocenters. The van der Waals surface area contributed by atoms with E-state index in [2.05, 4.69) is 10.8 Å². The number of halogens is 1. The smallest absolute Gasteiger partial charge is 0.165 e. The van der Waals surface area contributed by atoms with Crippen molar-refractivity contribution in [3.05, 3.63) is 0 Å². The van der Waals surface area contributed by atoms with Crippen LogP contribution in [0.5, 0.6) is 0 Å². The molecule has 0 atom stereocenters. The Morgan fingerprint density at radius 2 is 2.09 bits per heavy atom. The Morgan fingerprint density at radius 3 is 2.64 bits per heavy atom. The zero-order valence-corrected chi connectivity index (χ0v) is 7.51. The fraction of sp³-hybridized carbons (Fsp3) is 0.857. The summed E-state index contributed by atoms with van der Waals surface area (Å²) in [6.45, 7) is 4.41. The zero-order valence-electron chi connectivity index (χ0n) is 6.75. The summed E-state index contributed by atoms with van der Waals surface area (Å²) in [5.41, 5.74) is 0. The van der Waals surface area contributed by atoms with Crippen LogP contribution in [0.4, 0.5) is 0 Å². The Balaban J connectivity index is 0.000001000. The molecule has 0 aromatic rings. The zero-order chi connectivity index (χ0) is 7.23. The largest absolute Gasteiger partial charge is 1.00 e. The number of ether oxygens (including phenoxy) is 2. The third-order valence-corrected chi connectivity index (χ3v) is 1.55. The number of hydrogen-bond acceptors (Lipinski definition) is 2. The van der Waals surface area contributed by atoms with E-state index in [1.807, 2.05) is 0 Å². The summed E-state index contributed by atoms with van der Waals surface area (Å²) in [5, 5.41) is 0. The summed E-state index contributed by atoms with van der Waals surface area (Å²) in [5.74, 6) is 0. The van der Waals surface area contributed by atoms with E-state index in [4.69, 9.17) is 9.47 Å². The van der Waals surface area contributed by atoms with Crippen LogP contribution in [0.2, 0.25) is 0 Å². The fourth-order valence-corrected chi connectivity index (χ4v) is 0.940. The normalized spacial score (nSPS) is 17.4. The lowest BCUT2D eigenvalue weighted by Gasteiger charge is -2.09. The van der Waals surface area contributed by atoms with Crippen LogP contribution >= 0.6 is 0 Å². The third-order valence-electron chi connectivity index (χ3n) is 1.55. The topological polar surface area (TPSA) is 21.5 Å². The first-order chi connectivity index (χ1) is 4.93. The maximum absolute atomic E-state index is 5.18. The highest BCUT2D eigenvalue weighted by atomic mass is 35.5. The monoisotopic (exact) mass is 179 g/mol. The van der Waals surface area contributed by atoms with Gasteiger partial charge in [-0.2, -0.15) is 0 Å². The van der Waals surface area contributed by atoms with Crippen LogP contribution in [0.25, 0.3) is 0 Å². The molecule has 0 radical (unpaired) electrons. The maximum Gasteiger partial charge on any atom is 0.165 e. The van der Waals surface area contributed by atoms with Crippen LogP contribution in [0.15, 0.2) is 0 Å². The number of rotatable bonds is 2. The van der Waals surface area contributed by atoms with Crippen molar-refractivity contribution in [2.75, 3.05) is 40.0 Å². The lowest BCUT2D eigenvalue weighted by atomic mass is 10.5. The quantitative estimate of drug-likeness (QED) is 0.416. The Hall–Kier alpha value is -0.120. The third kappa shape index (κ3) is 4.35. The SMILES string of the molecule is COCC=[N+]1CCOCC1.[Cl-]. The van der Waals surface area contributed by atoms with E-state index in [9.17, 15) is 0 Å². The molecule has 1 rings (SSSR count). The second kappa shape index (κ2) is 6.58. The maximum atomic E-state index is 5.18. The second-order valence-corrected chi connectivity index (χ2v) is 2.29. The first-order valence-corrected chi connectivity index (χ1v) is 3.57. The molecule has 11 heavy (non-hydrogen) atoms. The fourth-order valence-electron chi connectivity index (χ4n) is 0.940. The van der Waals surface area contributed by atoms with Crippen LogP contribution in [0.1, 0.15) is 0 Å². The van der Waals surface area contributed by atoms with Crippen molar-refractivity contribution < 1.29 is 26.5 Å². The molecule has 4 heteroatoms. The van der Waals surface area contributed by atoms with E-state index in [-0.39, 0.29) is 12.4 Å². The molecule has 3 nitrogen and oxygen atoms in total. The van der Waals surface area contributed by atoms with Crippen molar-refractivity contribution in [1.29, 1.82) is 0 Å². The van der Waals surface area contributed by atoms with Crippen LogP contribution < -0.4 is 12.4 Å². The van der Waals surface area contributed by atoms with Crippen LogP contribution in [0.3, 0.4) is 0 Å². The van der Waals surface area contributed by atoms with Gasteiger partial charge in [-0.25, -0.2) is 4.58 Å². The van der Waals surface area contributed by atoms with Crippen LogP contribution in [-0.4, -0.2) is 50.8 Å². The molecule has 0 aromatic carbocycles. The Bertz CT molecular complexity index is 120. The summed E-state index contributed by atoms with van der Waals surface area (Å²) in [4.78, 5) is 0. The lowest BCUT2D eigenvalue weighted by molar-refractivity contribution is -0.546. The standard InChI is InChI=1S/C7H14NO2.ClH/c1-9-5-2-8-3-6-10-7-4-8;/h2H,3-7H2,1H3;1H/q+1;/p-1.